The van der Waals surface area contributed by atoms with Crippen molar-refractivity contribution in [2.24, 2.45) is 0 Å². The summed E-state index contributed by atoms with van der Waals surface area (Å²) < 4.78 is 41.0. The summed E-state index contributed by atoms with van der Waals surface area (Å²) in [6, 6.07) is 14.0. The van der Waals surface area contributed by atoms with Crippen molar-refractivity contribution in [3.63, 3.8) is 0 Å². The summed E-state index contributed by atoms with van der Waals surface area (Å²) >= 11 is 7.48. The van der Waals surface area contributed by atoms with Gasteiger partial charge in [-0.15, -0.1) is 0 Å². The fraction of sp³-hybridized carbons (Fsp3) is 0.0476. The third-order valence-corrected chi connectivity index (χ3v) is 7.27. The van der Waals surface area contributed by atoms with Gasteiger partial charge in [0.15, 0.2) is 5.13 Å². The summed E-state index contributed by atoms with van der Waals surface area (Å²) in [6.07, 6.45) is 0. The van der Waals surface area contributed by atoms with Gasteiger partial charge in [0.2, 0.25) is 0 Å². The second-order valence-corrected chi connectivity index (χ2v) is 9.74. The van der Waals surface area contributed by atoms with Crippen LogP contribution in [-0.2, 0) is 10.0 Å². The summed E-state index contributed by atoms with van der Waals surface area (Å²) in [4.78, 5) is 16.9. The highest BCUT2D eigenvalue weighted by Gasteiger charge is 2.16. The van der Waals surface area contributed by atoms with E-state index in [0.29, 0.717) is 15.7 Å². The van der Waals surface area contributed by atoms with Crippen LogP contribution in [0.25, 0.3) is 10.2 Å². The van der Waals surface area contributed by atoms with Gasteiger partial charge in [0, 0.05) is 11.3 Å². The third-order valence-electron chi connectivity index (χ3n) is 4.44. The standard InChI is InChI=1S/C21H15ClFN3O3S2/c1-12-2-11-17(22)19-18(12)24-21(30-19)25-20(27)13-3-7-15(8-4-13)26-31(28,29)16-9-5-14(23)6-10-16/h2-11,26H,1H3,(H,24,25,27). The van der Waals surface area contributed by atoms with Crippen LogP contribution < -0.4 is 10.0 Å². The van der Waals surface area contributed by atoms with E-state index in [0.717, 1.165) is 27.9 Å². The molecule has 4 rings (SSSR count). The molecule has 0 aliphatic carbocycles. The lowest BCUT2D eigenvalue weighted by Crippen LogP contribution is -2.14. The summed E-state index contributed by atoms with van der Waals surface area (Å²) in [5.74, 6) is -0.916. The lowest BCUT2D eigenvalue weighted by Gasteiger charge is -2.09. The van der Waals surface area contributed by atoms with Crippen molar-refractivity contribution in [3.05, 3.63) is 82.6 Å². The minimum absolute atomic E-state index is 0.0690. The van der Waals surface area contributed by atoms with E-state index < -0.39 is 15.8 Å². The molecular weight excluding hydrogens is 461 g/mol. The molecule has 158 valence electrons. The first kappa shape index (κ1) is 21.2. The Morgan fingerprint density at radius 1 is 1.03 bits per heavy atom. The molecule has 2 N–H and O–H groups in total. The first-order valence-electron chi connectivity index (χ1n) is 8.98. The summed E-state index contributed by atoms with van der Waals surface area (Å²) in [6.45, 7) is 1.91. The van der Waals surface area contributed by atoms with Crippen LogP contribution in [0.4, 0.5) is 15.2 Å². The zero-order valence-electron chi connectivity index (χ0n) is 16.0. The molecule has 0 aliphatic heterocycles. The van der Waals surface area contributed by atoms with E-state index in [9.17, 15) is 17.6 Å². The highest BCUT2D eigenvalue weighted by Crippen LogP contribution is 2.34. The second kappa shape index (κ2) is 8.26. The number of hydrogen-bond donors (Lipinski definition) is 2. The molecule has 1 heterocycles. The Hall–Kier alpha value is -3.01. The van der Waals surface area contributed by atoms with E-state index in [-0.39, 0.29) is 16.5 Å². The number of aromatic nitrogens is 1. The lowest BCUT2D eigenvalue weighted by atomic mass is 10.2. The lowest BCUT2D eigenvalue weighted by molar-refractivity contribution is 0.102. The highest BCUT2D eigenvalue weighted by molar-refractivity contribution is 7.92. The minimum atomic E-state index is -3.87. The molecule has 4 aromatic rings. The topological polar surface area (TPSA) is 88.2 Å². The summed E-state index contributed by atoms with van der Waals surface area (Å²) in [5, 5.41) is 3.72. The second-order valence-electron chi connectivity index (χ2n) is 6.65. The zero-order chi connectivity index (χ0) is 22.2. The number of carbonyl (C=O) groups is 1. The third kappa shape index (κ3) is 4.53. The van der Waals surface area contributed by atoms with Crippen LogP contribution in [0.15, 0.2) is 65.6 Å². The molecular formula is C21H15ClFN3O3S2. The van der Waals surface area contributed by atoms with Crippen molar-refractivity contribution in [1.29, 1.82) is 0 Å². The Bertz CT molecular complexity index is 1350. The molecule has 0 bridgehead atoms. The van der Waals surface area contributed by atoms with Crippen LogP contribution in [0.5, 0.6) is 0 Å². The number of rotatable bonds is 5. The number of thiazole rings is 1. The summed E-state index contributed by atoms with van der Waals surface area (Å²) in [7, 11) is -3.87. The quantitative estimate of drug-likeness (QED) is 0.401. The highest BCUT2D eigenvalue weighted by atomic mass is 35.5. The molecule has 0 radical (unpaired) electrons. The smallest absolute Gasteiger partial charge is 0.261 e. The van der Waals surface area contributed by atoms with Crippen LogP contribution in [0.3, 0.4) is 0 Å². The average molecular weight is 476 g/mol. The maximum atomic E-state index is 13.0. The molecule has 10 heteroatoms. The molecule has 0 saturated carbocycles. The van der Waals surface area contributed by atoms with Crippen LogP contribution in [0, 0.1) is 12.7 Å². The van der Waals surface area contributed by atoms with E-state index in [1.807, 2.05) is 13.0 Å². The van der Waals surface area contributed by atoms with Gasteiger partial charge in [-0.3, -0.25) is 14.8 Å². The van der Waals surface area contributed by atoms with Crippen molar-refractivity contribution < 1.29 is 17.6 Å². The van der Waals surface area contributed by atoms with Crippen molar-refractivity contribution in [2.75, 3.05) is 10.0 Å². The fourth-order valence-electron chi connectivity index (χ4n) is 2.84. The predicted molar refractivity (Wildman–Crippen MR) is 121 cm³/mol. The van der Waals surface area contributed by atoms with Gasteiger partial charge >= 0.3 is 0 Å². The molecule has 0 spiro atoms. The predicted octanol–water partition coefficient (Wildman–Crippen LogP) is 5.45. The number of sulfonamides is 1. The number of anilines is 2. The van der Waals surface area contributed by atoms with Crippen LogP contribution in [-0.4, -0.2) is 19.3 Å². The van der Waals surface area contributed by atoms with Crippen molar-refractivity contribution in [1.82, 2.24) is 4.98 Å². The SMILES string of the molecule is Cc1ccc(Cl)c2sc(NC(=O)c3ccc(NS(=O)(=O)c4ccc(F)cc4)cc3)nc12. The number of benzene rings is 3. The van der Waals surface area contributed by atoms with E-state index >= 15 is 0 Å². The number of nitrogens with one attached hydrogen (secondary N) is 2. The normalized spacial score (nSPS) is 11.5. The molecule has 0 unspecified atom stereocenters. The largest absolute Gasteiger partial charge is 0.298 e. The van der Waals surface area contributed by atoms with E-state index in [2.05, 4.69) is 15.0 Å². The monoisotopic (exact) mass is 475 g/mol. The Morgan fingerprint density at radius 2 is 1.71 bits per heavy atom. The molecule has 3 aromatic carbocycles. The van der Waals surface area contributed by atoms with Gasteiger partial charge in [0.25, 0.3) is 15.9 Å². The number of carbonyl (C=O) groups excluding carboxylic acids is 1. The maximum absolute atomic E-state index is 13.0. The molecule has 1 amide bonds. The van der Waals surface area contributed by atoms with E-state index in [1.165, 1.54) is 47.7 Å². The zero-order valence-corrected chi connectivity index (χ0v) is 18.4. The fourth-order valence-corrected chi connectivity index (χ4v) is 5.11. The molecule has 0 fully saturated rings. The van der Waals surface area contributed by atoms with E-state index in [4.69, 9.17) is 11.6 Å². The molecule has 0 saturated heterocycles. The number of aryl methyl sites for hydroxylation is 1. The number of fused-ring (bicyclic) bond motifs is 1. The van der Waals surface area contributed by atoms with Gasteiger partial charge in [-0.05, 0) is 67.1 Å². The Morgan fingerprint density at radius 3 is 2.35 bits per heavy atom. The Labute approximate surface area is 186 Å². The molecule has 1 aromatic heterocycles. The van der Waals surface area contributed by atoms with Crippen molar-refractivity contribution in [3.8, 4) is 0 Å². The Kier molecular flexibility index (Phi) is 5.65. The van der Waals surface area contributed by atoms with Gasteiger partial charge in [0.1, 0.15) is 5.82 Å². The number of hydrogen-bond acceptors (Lipinski definition) is 5. The average Bonchev–Trinajstić information content (AvgIpc) is 3.16. The first-order chi connectivity index (χ1) is 14.7. The minimum Gasteiger partial charge on any atom is -0.298 e. The van der Waals surface area contributed by atoms with Gasteiger partial charge in [0.05, 0.1) is 20.1 Å². The number of halogens is 2. The van der Waals surface area contributed by atoms with Gasteiger partial charge in [-0.25, -0.2) is 17.8 Å². The van der Waals surface area contributed by atoms with E-state index in [1.54, 1.807) is 6.07 Å². The number of amides is 1. The van der Waals surface area contributed by atoms with Gasteiger partial charge < -0.3 is 0 Å². The van der Waals surface area contributed by atoms with Crippen LogP contribution in [0.1, 0.15) is 15.9 Å². The Balaban J connectivity index is 1.49. The van der Waals surface area contributed by atoms with Crippen molar-refractivity contribution >= 4 is 59.9 Å². The molecule has 0 aliphatic rings. The van der Waals surface area contributed by atoms with Crippen LogP contribution in [0.2, 0.25) is 5.02 Å². The van der Waals surface area contributed by atoms with Crippen LogP contribution >= 0.6 is 22.9 Å². The van der Waals surface area contributed by atoms with Gasteiger partial charge in [-0.2, -0.15) is 0 Å². The summed E-state index contributed by atoms with van der Waals surface area (Å²) in [5.41, 5.74) is 2.28. The first-order valence-corrected chi connectivity index (χ1v) is 11.7. The van der Waals surface area contributed by atoms with Crippen molar-refractivity contribution in [2.45, 2.75) is 11.8 Å². The molecule has 0 atom stereocenters. The maximum Gasteiger partial charge on any atom is 0.261 e. The molecule has 31 heavy (non-hydrogen) atoms. The van der Waals surface area contributed by atoms with Gasteiger partial charge in [-0.1, -0.05) is 29.0 Å². The number of nitrogens with zero attached hydrogens (tertiary/aromatic N) is 1. The molecule has 6 nitrogen and oxygen atoms in total.